The Kier molecular flexibility index (Phi) is 4.28. The fraction of sp³-hybridized carbons (Fsp3) is 1.00. The molecule has 1 rings (SSSR count). The molecule has 0 aromatic carbocycles. The molecule has 0 aliphatic carbocycles. The van der Waals surface area contributed by atoms with Gasteiger partial charge in [0.15, 0.2) is 6.29 Å². The molecule has 15 heavy (non-hydrogen) atoms. The van der Waals surface area contributed by atoms with Gasteiger partial charge in [-0.25, -0.2) is 0 Å². The van der Waals surface area contributed by atoms with Crippen LogP contribution in [0.1, 0.15) is 0 Å². The van der Waals surface area contributed by atoms with Crippen molar-refractivity contribution in [2.24, 2.45) is 5.11 Å². The van der Waals surface area contributed by atoms with Gasteiger partial charge in [-0.3, -0.25) is 0 Å². The summed E-state index contributed by atoms with van der Waals surface area (Å²) in [6.45, 7) is -0.138. The second-order valence-corrected chi connectivity index (χ2v) is 3.16. The number of aliphatic hydroxyl groups excluding tert-OH is 3. The maximum Gasteiger partial charge on any atom is 0.186 e. The molecule has 1 aliphatic heterocycles. The van der Waals surface area contributed by atoms with E-state index >= 15 is 0 Å². The van der Waals surface area contributed by atoms with Gasteiger partial charge in [0, 0.05) is 12.0 Å². The predicted molar refractivity (Wildman–Crippen MR) is 47.7 cm³/mol. The fourth-order valence-corrected chi connectivity index (χ4v) is 1.38. The number of aliphatic hydroxyl groups is 3. The van der Waals surface area contributed by atoms with Crippen molar-refractivity contribution < 1.29 is 24.8 Å². The summed E-state index contributed by atoms with van der Waals surface area (Å²) in [6, 6.07) is 0. The van der Waals surface area contributed by atoms with Crippen LogP contribution in [0.3, 0.4) is 0 Å². The Morgan fingerprint density at radius 3 is 2.53 bits per heavy atom. The first-order valence-corrected chi connectivity index (χ1v) is 4.35. The van der Waals surface area contributed by atoms with Gasteiger partial charge in [-0.2, -0.15) is 0 Å². The second-order valence-electron chi connectivity index (χ2n) is 3.16. The number of azide groups is 1. The zero-order chi connectivity index (χ0) is 11.4. The quantitative estimate of drug-likeness (QED) is 0.310. The molecule has 86 valence electrons. The normalized spacial score (nSPS) is 40.9. The van der Waals surface area contributed by atoms with Gasteiger partial charge in [0.05, 0.1) is 12.6 Å². The third-order valence-corrected chi connectivity index (χ3v) is 2.23. The van der Waals surface area contributed by atoms with Crippen molar-refractivity contribution in [2.45, 2.75) is 30.7 Å². The van der Waals surface area contributed by atoms with Gasteiger partial charge < -0.3 is 24.8 Å². The fourth-order valence-electron chi connectivity index (χ4n) is 1.38. The Morgan fingerprint density at radius 1 is 1.33 bits per heavy atom. The van der Waals surface area contributed by atoms with E-state index in [1.54, 1.807) is 0 Å². The molecule has 0 saturated carbocycles. The molecule has 2 unspecified atom stereocenters. The third kappa shape index (κ3) is 2.57. The van der Waals surface area contributed by atoms with Gasteiger partial charge in [-0.05, 0) is 5.53 Å². The number of rotatable bonds is 3. The number of hydrogen-bond acceptors (Lipinski definition) is 6. The van der Waals surface area contributed by atoms with E-state index in [4.69, 9.17) is 15.0 Å². The molecule has 0 spiro atoms. The van der Waals surface area contributed by atoms with Gasteiger partial charge in [0.2, 0.25) is 0 Å². The van der Waals surface area contributed by atoms with E-state index in [1.165, 1.54) is 7.11 Å². The summed E-state index contributed by atoms with van der Waals surface area (Å²) in [5, 5.41) is 31.5. The van der Waals surface area contributed by atoms with Gasteiger partial charge in [-0.15, -0.1) is 0 Å². The molecule has 0 bridgehead atoms. The second kappa shape index (κ2) is 5.26. The number of ether oxygens (including phenoxy) is 2. The maximum absolute atomic E-state index is 9.47. The Balaban J connectivity index is 2.69. The Hall–Kier alpha value is -0.890. The van der Waals surface area contributed by atoms with Crippen LogP contribution >= 0.6 is 0 Å². The van der Waals surface area contributed by atoms with Crippen molar-refractivity contribution in [3.8, 4) is 0 Å². The van der Waals surface area contributed by atoms with Crippen molar-refractivity contribution in [3.05, 3.63) is 10.4 Å². The molecule has 8 nitrogen and oxygen atoms in total. The summed E-state index contributed by atoms with van der Waals surface area (Å²) in [4.78, 5) is 2.51. The minimum absolute atomic E-state index is 0.138. The van der Waals surface area contributed by atoms with Gasteiger partial charge in [-0.1, -0.05) is 5.11 Å². The molecular formula is C7H13N3O5. The SMILES string of the molecule is CO[C@H]1OC(CN=[N+]=[N-])[C@@H](O)[C@H](O)C1O. The molecule has 5 atom stereocenters. The smallest absolute Gasteiger partial charge is 0.186 e. The highest BCUT2D eigenvalue weighted by atomic mass is 16.7. The maximum atomic E-state index is 9.47. The van der Waals surface area contributed by atoms with Crippen LogP contribution in [0.2, 0.25) is 0 Å². The predicted octanol–water partition coefficient (Wildman–Crippen LogP) is -1.25. The molecule has 8 heteroatoms. The van der Waals surface area contributed by atoms with Crippen molar-refractivity contribution in [1.82, 2.24) is 0 Å². The van der Waals surface area contributed by atoms with Crippen LogP contribution in [0.5, 0.6) is 0 Å². The van der Waals surface area contributed by atoms with Crippen LogP contribution in [0.25, 0.3) is 10.4 Å². The van der Waals surface area contributed by atoms with Crippen LogP contribution in [0.4, 0.5) is 0 Å². The molecule has 0 aromatic rings. The molecule has 1 heterocycles. The van der Waals surface area contributed by atoms with E-state index < -0.39 is 30.7 Å². The summed E-state index contributed by atoms with van der Waals surface area (Å²) in [7, 11) is 1.29. The van der Waals surface area contributed by atoms with E-state index in [-0.39, 0.29) is 6.54 Å². The molecule has 0 radical (unpaired) electrons. The molecule has 1 fully saturated rings. The summed E-state index contributed by atoms with van der Waals surface area (Å²) in [6.07, 6.45) is -5.95. The first-order chi connectivity index (χ1) is 7.11. The summed E-state index contributed by atoms with van der Waals surface area (Å²) < 4.78 is 9.84. The number of nitrogens with zero attached hydrogens (tertiary/aromatic N) is 3. The largest absolute Gasteiger partial charge is 0.388 e. The molecule has 3 N–H and O–H groups in total. The average Bonchev–Trinajstić information content (AvgIpc) is 2.25. The molecule has 1 saturated heterocycles. The highest BCUT2D eigenvalue weighted by Crippen LogP contribution is 2.21. The zero-order valence-electron chi connectivity index (χ0n) is 8.09. The minimum Gasteiger partial charge on any atom is -0.388 e. The van der Waals surface area contributed by atoms with Gasteiger partial charge >= 0.3 is 0 Å². The molecule has 1 aliphatic rings. The first-order valence-electron chi connectivity index (χ1n) is 4.35. The Bertz CT molecular complexity index is 255. The third-order valence-electron chi connectivity index (χ3n) is 2.23. The van der Waals surface area contributed by atoms with Crippen LogP contribution in [0.15, 0.2) is 5.11 Å². The minimum atomic E-state index is -1.39. The average molecular weight is 219 g/mol. The Morgan fingerprint density at radius 2 is 2.00 bits per heavy atom. The standard InChI is InChI=1S/C7H13N3O5/c1-14-7-6(13)5(12)4(11)3(15-7)2-9-10-8/h3-7,11-13H,2H2,1H3/t3?,4-,5+,6?,7+/m1/s1. The monoisotopic (exact) mass is 219 g/mol. The van der Waals surface area contributed by atoms with Crippen LogP contribution < -0.4 is 0 Å². The molecular weight excluding hydrogens is 206 g/mol. The zero-order valence-corrected chi connectivity index (χ0v) is 8.09. The molecule has 0 amide bonds. The van der Waals surface area contributed by atoms with E-state index in [0.717, 1.165) is 0 Å². The lowest BCUT2D eigenvalue weighted by Crippen LogP contribution is -2.58. The summed E-state index contributed by atoms with van der Waals surface area (Å²) in [5.74, 6) is 0. The van der Waals surface area contributed by atoms with Crippen LogP contribution in [-0.2, 0) is 9.47 Å². The lowest BCUT2D eigenvalue weighted by atomic mass is 9.99. The van der Waals surface area contributed by atoms with Gasteiger partial charge in [0.25, 0.3) is 0 Å². The van der Waals surface area contributed by atoms with E-state index in [0.29, 0.717) is 0 Å². The summed E-state index contributed by atoms with van der Waals surface area (Å²) >= 11 is 0. The first kappa shape index (κ1) is 12.2. The van der Waals surface area contributed by atoms with Crippen LogP contribution in [-0.4, -0.2) is 59.7 Å². The number of hydrogen-bond donors (Lipinski definition) is 3. The lowest BCUT2D eigenvalue weighted by Gasteiger charge is -2.39. The van der Waals surface area contributed by atoms with E-state index in [1.807, 2.05) is 0 Å². The molecule has 0 aromatic heterocycles. The Labute approximate surface area is 85.7 Å². The van der Waals surface area contributed by atoms with Crippen molar-refractivity contribution in [1.29, 1.82) is 0 Å². The summed E-state index contributed by atoms with van der Waals surface area (Å²) in [5.41, 5.74) is 8.10. The van der Waals surface area contributed by atoms with Crippen molar-refractivity contribution in [3.63, 3.8) is 0 Å². The number of methoxy groups -OCH3 is 1. The van der Waals surface area contributed by atoms with E-state index in [9.17, 15) is 15.3 Å². The van der Waals surface area contributed by atoms with Crippen molar-refractivity contribution >= 4 is 0 Å². The topological polar surface area (TPSA) is 128 Å². The lowest BCUT2D eigenvalue weighted by molar-refractivity contribution is -0.287. The highest BCUT2D eigenvalue weighted by Gasteiger charge is 2.43. The highest BCUT2D eigenvalue weighted by molar-refractivity contribution is 4.89. The van der Waals surface area contributed by atoms with Crippen LogP contribution in [0, 0.1) is 0 Å². The van der Waals surface area contributed by atoms with Crippen molar-refractivity contribution in [2.75, 3.05) is 13.7 Å². The van der Waals surface area contributed by atoms with Gasteiger partial charge in [0.1, 0.15) is 18.3 Å². The van der Waals surface area contributed by atoms with E-state index in [2.05, 4.69) is 10.0 Å².